The van der Waals surface area contributed by atoms with Crippen molar-refractivity contribution in [1.82, 2.24) is 29.8 Å². The third-order valence-electron chi connectivity index (χ3n) is 7.55. The van der Waals surface area contributed by atoms with Gasteiger partial charge in [-0.3, -0.25) is 4.90 Å². The van der Waals surface area contributed by atoms with E-state index in [1.54, 1.807) is 28.4 Å². The molecule has 11 nitrogen and oxygen atoms in total. The summed E-state index contributed by atoms with van der Waals surface area (Å²) in [5.74, 6) is 0.329. The number of carbonyl (C=O) groups excluding carboxylic acids is 1. The van der Waals surface area contributed by atoms with E-state index < -0.39 is 18.0 Å². The lowest BCUT2D eigenvalue weighted by atomic mass is 10.1. The molecule has 3 unspecified atom stereocenters. The Balaban J connectivity index is 1.26. The monoisotopic (exact) mass is 556 g/mol. The molecule has 2 aromatic rings. The van der Waals surface area contributed by atoms with E-state index in [2.05, 4.69) is 44.0 Å². The minimum absolute atomic E-state index is 0.327. The minimum atomic E-state index is -1.45. The Kier molecular flexibility index (Phi) is 8.81. The van der Waals surface area contributed by atoms with E-state index >= 15 is 4.39 Å². The molecule has 218 valence electrons. The van der Waals surface area contributed by atoms with Crippen LogP contribution in [0.1, 0.15) is 38.3 Å². The lowest BCUT2D eigenvalue weighted by Gasteiger charge is -2.50. The fourth-order valence-corrected chi connectivity index (χ4v) is 5.38. The quantitative estimate of drug-likeness (QED) is 0.552. The number of alkyl halides is 1. The van der Waals surface area contributed by atoms with E-state index in [4.69, 9.17) is 15.2 Å². The Labute approximate surface area is 235 Å². The molecule has 2 N–H and O–H groups in total. The van der Waals surface area contributed by atoms with E-state index in [1.807, 2.05) is 25.8 Å². The van der Waals surface area contributed by atoms with Crippen molar-refractivity contribution in [2.75, 3.05) is 63.8 Å². The largest absolute Gasteiger partial charge is 0.444 e. The number of piperazine rings is 2. The van der Waals surface area contributed by atoms with Crippen LogP contribution >= 0.6 is 0 Å². The van der Waals surface area contributed by atoms with Crippen molar-refractivity contribution in [3.05, 3.63) is 54.1 Å². The second-order valence-electron chi connectivity index (χ2n) is 11.4. The molecule has 0 aliphatic carbocycles. The van der Waals surface area contributed by atoms with Crippen LogP contribution in [0.3, 0.4) is 0 Å². The summed E-state index contributed by atoms with van der Waals surface area (Å²) < 4.78 is 28.0. The minimum Gasteiger partial charge on any atom is -0.444 e. The number of hydrogen-bond donors (Lipinski definition) is 1. The fraction of sp³-hybridized carbons (Fsp3) is 0.607. The van der Waals surface area contributed by atoms with Crippen molar-refractivity contribution in [2.24, 2.45) is 5.73 Å². The Morgan fingerprint density at radius 3 is 2.27 bits per heavy atom. The summed E-state index contributed by atoms with van der Waals surface area (Å²) in [5, 5.41) is 3.74. The summed E-state index contributed by atoms with van der Waals surface area (Å²) in [6, 6.07) is 10.1. The predicted octanol–water partition coefficient (Wildman–Crippen LogP) is 2.22. The van der Waals surface area contributed by atoms with Crippen LogP contribution in [0.15, 0.2) is 42.7 Å². The highest BCUT2D eigenvalue weighted by atomic mass is 19.1. The number of anilines is 1. The van der Waals surface area contributed by atoms with Crippen molar-refractivity contribution >= 4 is 11.8 Å². The van der Waals surface area contributed by atoms with Gasteiger partial charge < -0.3 is 25.0 Å². The van der Waals surface area contributed by atoms with Crippen molar-refractivity contribution in [3.8, 4) is 0 Å². The van der Waals surface area contributed by atoms with Gasteiger partial charge in [-0.15, -0.1) is 0 Å². The number of rotatable bonds is 5. The summed E-state index contributed by atoms with van der Waals surface area (Å²) >= 11 is 0. The highest BCUT2D eigenvalue weighted by Crippen LogP contribution is 2.33. The number of nitrogens with two attached hydrogens (primary N) is 1. The first-order chi connectivity index (χ1) is 19.2. The van der Waals surface area contributed by atoms with Gasteiger partial charge in [-0.05, 0) is 44.5 Å². The summed E-state index contributed by atoms with van der Waals surface area (Å²) in [6.45, 7) is 11.6. The molecule has 3 aliphatic rings. The van der Waals surface area contributed by atoms with Crippen LogP contribution in [-0.4, -0.2) is 113 Å². The number of ether oxygens (including phenoxy) is 2. The molecule has 3 saturated heterocycles. The van der Waals surface area contributed by atoms with Crippen molar-refractivity contribution < 1.29 is 18.7 Å². The van der Waals surface area contributed by atoms with Gasteiger partial charge >= 0.3 is 6.09 Å². The van der Waals surface area contributed by atoms with Gasteiger partial charge in [0.2, 0.25) is 0 Å². The van der Waals surface area contributed by atoms with Gasteiger partial charge in [0.1, 0.15) is 11.8 Å². The first-order valence-electron chi connectivity index (χ1n) is 14.1. The van der Waals surface area contributed by atoms with E-state index in [0.717, 1.165) is 31.7 Å². The molecule has 3 aliphatic heterocycles. The van der Waals surface area contributed by atoms with Gasteiger partial charge in [-0.25, -0.2) is 29.2 Å². The molecule has 1 aromatic carbocycles. The molecule has 3 atom stereocenters. The Morgan fingerprint density at radius 2 is 1.68 bits per heavy atom. The van der Waals surface area contributed by atoms with Gasteiger partial charge in [0.15, 0.2) is 18.2 Å². The van der Waals surface area contributed by atoms with Crippen LogP contribution in [0, 0.1) is 0 Å². The highest BCUT2D eigenvalue weighted by Gasteiger charge is 2.45. The van der Waals surface area contributed by atoms with Crippen molar-refractivity contribution in [3.63, 3.8) is 0 Å². The number of morpholine rings is 1. The van der Waals surface area contributed by atoms with E-state index in [9.17, 15) is 4.79 Å². The molecule has 0 bridgehead atoms. The number of amides is 1. The van der Waals surface area contributed by atoms with Gasteiger partial charge in [-0.2, -0.15) is 0 Å². The molecular formula is C28H41FN8O3. The van der Waals surface area contributed by atoms with Gasteiger partial charge in [0.25, 0.3) is 0 Å². The molecule has 1 amide bonds. The average Bonchev–Trinajstić information content (AvgIpc) is 2.97. The zero-order valence-corrected chi connectivity index (χ0v) is 23.7. The molecule has 12 heteroatoms. The van der Waals surface area contributed by atoms with Crippen LogP contribution in [0.25, 0.3) is 0 Å². The van der Waals surface area contributed by atoms with Crippen LogP contribution in [-0.2, 0) is 16.0 Å². The molecule has 4 heterocycles. The normalized spacial score (nSPS) is 25.7. The number of halogens is 1. The number of hydrazine groups is 1. The lowest BCUT2D eigenvalue weighted by Crippen LogP contribution is -2.65. The summed E-state index contributed by atoms with van der Waals surface area (Å²) in [5.41, 5.74) is 7.47. The van der Waals surface area contributed by atoms with Gasteiger partial charge in [0, 0.05) is 77.0 Å². The summed E-state index contributed by atoms with van der Waals surface area (Å²) in [7, 11) is 0. The van der Waals surface area contributed by atoms with Gasteiger partial charge in [0.05, 0.1) is 6.54 Å². The third kappa shape index (κ3) is 6.69. The molecule has 0 saturated carbocycles. The maximum atomic E-state index is 16.1. The Hall–Kier alpha value is -2.90. The zero-order chi connectivity index (χ0) is 28.3. The molecule has 3 fully saturated rings. The van der Waals surface area contributed by atoms with Crippen LogP contribution < -0.4 is 10.6 Å². The maximum absolute atomic E-state index is 16.1. The van der Waals surface area contributed by atoms with Crippen molar-refractivity contribution in [1.29, 1.82) is 0 Å². The highest BCUT2D eigenvalue weighted by molar-refractivity contribution is 5.68. The average molecular weight is 557 g/mol. The molecular weight excluding hydrogens is 515 g/mol. The third-order valence-corrected chi connectivity index (χ3v) is 7.55. The predicted molar refractivity (Wildman–Crippen MR) is 149 cm³/mol. The molecule has 1 aromatic heterocycles. The number of aromatic nitrogens is 2. The SMILES string of the molecule is CC(C)(C)OC(=O)N1CCN(N2CC(N3CCN(c4ccc(CN)cc4)CC3)OC(c3ncccn3)C2F)CC1. The number of hydrogen-bond acceptors (Lipinski definition) is 10. The number of nitrogens with zero attached hydrogens (tertiary/aromatic N) is 7. The summed E-state index contributed by atoms with van der Waals surface area (Å²) in [4.78, 5) is 27.5. The van der Waals surface area contributed by atoms with E-state index in [-0.39, 0.29) is 12.3 Å². The maximum Gasteiger partial charge on any atom is 0.410 e. The standard InChI is InChI=1S/C28H41FN8O3/c1-28(2,3)40-27(38)35-15-17-36(18-16-35)37-20-23(39-24(25(37)29)26-31-9-4-10-32-26)34-13-11-33(12-14-34)22-7-5-21(19-30)6-8-22/h4-10,23-25H,11-20,30H2,1-3H3. The smallest absolute Gasteiger partial charge is 0.410 e. The number of carbonyl (C=O) groups is 1. The van der Waals surface area contributed by atoms with Crippen LogP contribution in [0.5, 0.6) is 0 Å². The first kappa shape index (κ1) is 28.6. The van der Waals surface area contributed by atoms with E-state index in [0.29, 0.717) is 45.1 Å². The Bertz CT molecular complexity index is 1100. The van der Waals surface area contributed by atoms with E-state index in [1.165, 1.54) is 5.69 Å². The topological polar surface area (TPSA) is 104 Å². The van der Waals surface area contributed by atoms with Crippen LogP contribution in [0.2, 0.25) is 0 Å². The molecule has 5 rings (SSSR count). The molecule has 40 heavy (non-hydrogen) atoms. The zero-order valence-electron chi connectivity index (χ0n) is 23.7. The summed E-state index contributed by atoms with van der Waals surface area (Å²) in [6.07, 6.45) is 0.183. The molecule has 0 radical (unpaired) electrons. The lowest BCUT2D eigenvalue weighted by molar-refractivity contribution is -0.265. The van der Waals surface area contributed by atoms with Crippen molar-refractivity contribution in [2.45, 2.75) is 51.5 Å². The first-order valence-corrected chi connectivity index (χ1v) is 14.1. The Morgan fingerprint density at radius 1 is 1.02 bits per heavy atom. The number of benzene rings is 1. The second-order valence-corrected chi connectivity index (χ2v) is 11.4. The second kappa shape index (κ2) is 12.3. The molecule has 0 spiro atoms. The fourth-order valence-electron chi connectivity index (χ4n) is 5.38. The van der Waals surface area contributed by atoms with Gasteiger partial charge in [-0.1, -0.05) is 12.1 Å². The van der Waals surface area contributed by atoms with Crippen LogP contribution in [0.4, 0.5) is 14.9 Å².